The molecule has 4 rings (SSSR count). The zero-order chi connectivity index (χ0) is 20.6. The second-order valence-electron chi connectivity index (χ2n) is 8.75. The fraction of sp³-hybridized carbons (Fsp3) is 0.538. The first-order chi connectivity index (χ1) is 14.8. The number of hydrogen-bond acceptors (Lipinski definition) is 4. The van der Waals surface area contributed by atoms with Crippen LogP contribution in [0.5, 0.6) is 11.5 Å². The molecule has 0 bridgehead atoms. The van der Waals surface area contributed by atoms with Crippen molar-refractivity contribution < 1.29 is 9.47 Å². The van der Waals surface area contributed by atoms with Crippen LogP contribution in [0.15, 0.2) is 48.5 Å². The van der Waals surface area contributed by atoms with Crippen molar-refractivity contribution in [1.29, 1.82) is 0 Å². The zero-order valence-corrected chi connectivity index (χ0v) is 18.3. The van der Waals surface area contributed by atoms with Crippen molar-refractivity contribution in [2.45, 2.75) is 57.1 Å². The summed E-state index contributed by atoms with van der Waals surface area (Å²) in [6.45, 7) is 4.51. The van der Waals surface area contributed by atoms with E-state index in [1.807, 2.05) is 0 Å². The van der Waals surface area contributed by atoms with Gasteiger partial charge in [-0.2, -0.15) is 0 Å². The number of piperazine rings is 1. The van der Waals surface area contributed by atoms with Gasteiger partial charge in [0, 0.05) is 25.7 Å². The molecule has 0 amide bonds. The third kappa shape index (κ3) is 5.99. The van der Waals surface area contributed by atoms with Crippen molar-refractivity contribution >= 4 is 0 Å². The van der Waals surface area contributed by atoms with Crippen molar-refractivity contribution in [2.75, 3.05) is 33.3 Å². The van der Waals surface area contributed by atoms with Crippen molar-refractivity contribution in [3.63, 3.8) is 0 Å². The van der Waals surface area contributed by atoms with Crippen LogP contribution in [0, 0.1) is 0 Å². The van der Waals surface area contributed by atoms with Gasteiger partial charge in [-0.1, -0.05) is 36.4 Å². The van der Waals surface area contributed by atoms with Gasteiger partial charge in [-0.05, 0) is 74.8 Å². The molecule has 1 atom stereocenters. The molecule has 2 fully saturated rings. The largest absolute Gasteiger partial charge is 0.493 e. The number of nitrogens with one attached hydrogen (secondary N) is 1. The molecule has 1 N–H and O–H groups in total. The lowest BCUT2D eigenvalue weighted by atomic mass is 10.0. The first-order valence-corrected chi connectivity index (χ1v) is 11.6. The number of rotatable bonds is 9. The van der Waals surface area contributed by atoms with Gasteiger partial charge in [-0.15, -0.1) is 0 Å². The lowest BCUT2D eigenvalue weighted by molar-refractivity contribution is 0.196. The Hall–Kier alpha value is -2.04. The summed E-state index contributed by atoms with van der Waals surface area (Å²) in [5, 5.41) is 3.69. The lowest BCUT2D eigenvalue weighted by Gasteiger charge is -2.34. The number of nitrogens with zero attached hydrogens (tertiary/aromatic N) is 1. The highest BCUT2D eigenvalue weighted by Crippen LogP contribution is 2.32. The fourth-order valence-electron chi connectivity index (χ4n) is 4.79. The highest BCUT2D eigenvalue weighted by atomic mass is 16.5. The van der Waals surface area contributed by atoms with Crippen molar-refractivity contribution in [3.05, 3.63) is 59.7 Å². The van der Waals surface area contributed by atoms with E-state index in [0.717, 1.165) is 50.5 Å². The van der Waals surface area contributed by atoms with Crippen LogP contribution in [0.1, 0.15) is 43.2 Å². The molecule has 2 aliphatic rings. The quantitative estimate of drug-likeness (QED) is 0.664. The van der Waals surface area contributed by atoms with Gasteiger partial charge in [-0.3, -0.25) is 0 Å². The monoisotopic (exact) mass is 408 g/mol. The van der Waals surface area contributed by atoms with Gasteiger partial charge in [0.15, 0.2) is 11.5 Å². The van der Waals surface area contributed by atoms with Gasteiger partial charge in [0.05, 0.1) is 13.2 Å². The van der Waals surface area contributed by atoms with Crippen LogP contribution in [0.2, 0.25) is 0 Å². The Morgan fingerprint density at radius 2 is 1.83 bits per heavy atom. The Labute approximate surface area is 181 Å². The van der Waals surface area contributed by atoms with E-state index in [2.05, 4.69) is 58.7 Å². The molecule has 4 nitrogen and oxygen atoms in total. The molecule has 2 aromatic carbocycles. The van der Waals surface area contributed by atoms with Gasteiger partial charge in [0.25, 0.3) is 0 Å². The Morgan fingerprint density at radius 1 is 1.00 bits per heavy atom. The van der Waals surface area contributed by atoms with Gasteiger partial charge in [-0.25, -0.2) is 0 Å². The number of hydrogen-bond donors (Lipinski definition) is 1. The molecule has 0 aromatic heterocycles. The van der Waals surface area contributed by atoms with Crippen LogP contribution in [-0.2, 0) is 12.8 Å². The molecule has 4 heteroatoms. The summed E-state index contributed by atoms with van der Waals surface area (Å²) in [7, 11) is 1.73. The van der Waals surface area contributed by atoms with Gasteiger partial charge in [0.2, 0.25) is 0 Å². The maximum atomic E-state index is 6.26. The minimum absolute atomic E-state index is 0.358. The third-order valence-electron chi connectivity index (χ3n) is 6.43. The maximum absolute atomic E-state index is 6.26. The van der Waals surface area contributed by atoms with E-state index >= 15 is 0 Å². The van der Waals surface area contributed by atoms with Crippen LogP contribution in [-0.4, -0.2) is 50.3 Å². The standard InChI is InChI=1S/C26H36N2O2/c1-29-25-14-13-22(19-26(25)30-24-11-5-6-12-24)10-7-16-28-17-15-27-23(20-28)18-21-8-3-2-4-9-21/h2-4,8-9,13-14,19,23-24,27H,5-7,10-12,15-18,20H2,1H3/t23-/m0/s1. The summed E-state index contributed by atoms with van der Waals surface area (Å²) in [5.41, 5.74) is 2.77. The summed E-state index contributed by atoms with van der Waals surface area (Å²) in [4.78, 5) is 2.61. The molecule has 0 unspecified atom stereocenters. The van der Waals surface area contributed by atoms with Crippen LogP contribution >= 0.6 is 0 Å². The van der Waals surface area contributed by atoms with Crippen LogP contribution in [0.4, 0.5) is 0 Å². The summed E-state index contributed by atoms with van der Waals surface area (Å²) < 4.78 is 11.8. The van der Waals surface area contributed by atoms with E-state index in [-0.39, 0.29) is 0 Å². The molecular weight excluding hydrogens is 372 g/mol. The minimum atomic E-state index is 0.358. The van der Waals surface area contributed by atoms with Crippen molar-refractivity contribution in [2.24, 2.45) is 0 Å². The Kier molecular flexibility index (Phi) is 7.65. The topological polar surface area (TPSA) is 33.7 Å². The van der Waals surface area contributed by atoms with Crippen LogP contribution < -0.4 is 14.8 Å². The molecule has 1 aliphatic heterocycles. The second kappa shape index (κ2) is 10.8. The first kappa shape index (κ1) is 21.2. The molecule has 162 valence electrons. The number of aryl methyl sites for hydroxylation is 1. The van der Waals surface area contributed by atoms with Crippen LogP contribution in [0.25, 0.3) is 0 Å². The second-order valence-corrected chi connectivity index (χ2v) is 8.75. The first-order valence-electron chi connectivity index (χ1n) is 11.6. The Bertz CT molecular complexity index is 774. The number of ether oxygens (including phenoxy) is 2. The predicted octanol–water partition coefficient (Wildman–Crippen LogP) is 4.47. The molecule has 1 heterocycles. The number of benzene rings is 2. The van der Waals surface area contributed by atoms with Gasteiger partial charge < -0.3 is 19.7 Å². The normalized spacial score (nSPS) is 20.4. The van der Waals surface area contributed by atoms with E-state index in [9.17, 15) is 0 Å². The highest BCUT2D eigenvalue weighted by molar-refractivity contribution is 5.43. The highest BCUT2D eigenvalue weighted by Gasteiger charge is 2.20. The Morgan fingerprint density at radius 3 is 2.63 bits per heavy atom. The minimum Gasteiger partial charge on any atom is -0.493 e. The summed E-state index contributed by atoms with van der Waals surface area (Å²) in [5.74, 6) is 1.78. The molecule has 0 radical (unpaired) electrons. The lowest BCUT2D eigenvalue weighted by Crippen LogP contribution is -2.51. The fourth-order valence-corrected chi connectivity index (χ4v) is 4.79. The Balaban J connectivity index is 1.26. The predicted molar refractivity (Wildman–Crippen MR) is 123 cm³/mol. The molecule has 0 spiro atoms. The zero-order valence-electron chi connectivity index (χ0n) is 18.3. The smallest absolute Gasteiger partial charge is 0.161 e. The summed E-state index contributed by atoms with van der Waals surface area (Å²) in [6, 6.07) is 17.8. The average molecular weight is 409 g/mol. The summed E-state index contributed by atoms with van der Waals surface area (Å²) >= 11 is 0. The van der Waals surface area contributed by atoms with Crippen LogP contribution in [0.3, 0.4) is 0 Å². The van der Waals surface area contributed by atoms with Crippen molar-refractivity contribution in [3.8, 4) is 11.5 Å². The SMILES string of the molecule is COc1ccc(CCCN2CCN[C@@H](Cc3ccccc3)C2)cc1OC1CCCC1. The average Bonchev–Trinajstić information content (AvgIpc) is 3.28. The molecule has 1 saturated carbocycles. The van der Waals surface area contributed by atoms with E-state index < -0.39 is 0 Å². The van der Waals surface area contributed by atoms with Crippen molar-refractivity contribution in [1.82, 2.24) is 10.2 Å². The van der Waals surface area contributed by atoms with E-state index in [1.165, 1.54) is 43.2 Å². The third-order valence-corrected chi connectivity index (χ3v) is 6.43. The van der Waals surface area contributed by atoms with E-state index in [1.54, 1.807) is 7.11 Å². The molecule has 2 aromatic rings. The molecule has 1 aliphatic carbocycles. The maximum Gasteiger partial charge on any atom is 0.161 e. The number of methoxy groups -OCH3 is 1. The van der Waals surface area contributed by atoms with Gasteiger partial charge in [0.1, 0.15) is 0 Å². The molecule has 30 heavy (non-hydrogen) atoms. The molecule has 1 saturated heterocycles. The van der Waals surface area contributed by atoms with E-state index in [4.69, 9.17) is 9.47 Å². The van der Waals surface area contributed by atoms with Gasteiger partial charge >= 0.3 is 0 Å². The van der Waals surface area contributed by atoms with E-state index in [0.29, 0.717) is 12.1 Å². The molecular formula is C26H36N2O2. The summed E-state index contributed by atoms with van der Waals surface area (Å²) in [6.07, 6.45) is 8.62.